The van der Waals surface area contributed by atoms with Crippen LogP contribution in [0.25, 0.3) is 0 Å². The molecule has 0 aromatic heterocycles. The molecule has 0 aliphatic rings. The number of carboxylic acid groups (broad SMARTS) is 2. The maximum absolute atomic E-state index is 12.3. The van der Waals surface area contributed by atoms with Crippen molar-refractivity contribution in [2.75, 3.05) is 37.2 Å². The molecule has 0 radical (unpaired) electrons. The van der Waals surface area contributed by atoms with Gasteiger partial charge in [0.2, 0.25) is 0 Å². The molecule has 14 heteroatoms. The van der Waals surface area contributed by atoms with E-state index < -0.39 is 36.1 Å². The van der Waals surface area contributed by atoms with Crippen LogP contribution < -0.4 is 9.47 Å². The van der Waals surface area contributed by atoms with Crippen molar-refractivity contribution in [3.63, 3.8) is 0 Å². The van der Waals surface area contributed by atoms with Crippen LogP contribution in [0.4, 0.5) is 0 Å². The van der Waals surface area contributed by atoms with Crippen LogP contribution in [0.1, 0.15) is 0 Å². The number of thioether (sulfide) groups is 4. The Hall–Kier alpha value is -3.98. The van der Waals surface area contributed by atoms with E-state index in [2.05, 4.69) is 0 Å². The largest absolute Gasteiger partial charge is 0.490 e. The van der Waals surface area contributed by atoms with E-state index in [-0.39, 0.29) is 13.2 Å². The summed E-state index contributed by atoms with van der Waals surface area (Å²) in [6, 6.07) is 22.6. The molecule has 3 aromatic rings. The van der Waals surface area contributed by atoms with Gasteiger partial charge in [-0.25, -0.2) is 19.2 Å². The van der Waals surface area contributed by atoms with Gasteiger partial charge in [0.05, 0.1) is 0 Å². The minimum atomic E-state index is -1.27. The Morgan fingerprint density at radius 3 is 1.33 bits per heavy atom. The molecule has 3 rings (SSSR count). The first-order valence-electron chi connectivity index (χ1n) is 14.3. The molecule has 0 aliphatic heterocycles. The molecule has 10 nitrogen and oxygen atoms in total. The zero-order valence-corrected chi connectivity index (χ0v) is 29.3. The van der Waals surface area contributed by atoms with Gasteiger partial charge in [-0.05, 0) is 73.2 Å². The minimum absolute atomic E-state index is 0.0197. The maximum atomic E-state index is 12.3. The van der Waals surface area contributed by atoms with E-state index in [0.29, 0.717) is 35.2 Å². The van der Waals surface area contributed by atoms with Crippen LogP contribution in [0.2, 0.25) is 0 Å². The SMILES string of the molecule is CSc1ccc(SCC(COc2cccc(OCC(CSc3ccc(SC)cc3)OC(=O)C=CC(=O)O)c2)OC(=O)C=CC(=O)O)cc1. The number of hydrogen-bond acceptors (Lipinski definition) is 12. The molecule has 48 heavy (non-hydrogen) atoms. The molecule has 0 amide bonds. The lowest BCUT2D eigenvalue weighted by Crippen LogP contribution is -2.27. The predicted octanol–water partition coefficient (Wildman–Crippen LogP) is 6.58. The number of aliphatic carboxylic acids is 2. The first-order valence-corrected chi connectivity index (χ1v) is 18.7. The van der Waals surface area contributed by atoms with Crippen LogP contribution in [0.5, 0.6) is 11.5 Å². The fraction of sp³-hybridized carbons (Fsp3) is 0.235. The first kappa shape index (κ1) is 38.5. The fourth-order valence-electron chi connectivity index (χ4n) is 3.67. The van der Waals surface area contributed by atoms with Gasteiger partial charge in [0.15, 0.2) is 0 Å². The molecule has 0 saturated heterocycles. The van der Waals surface area contributed by atoms with Crippen LogP contribution in [-0.2, 0) is 28.7 Å². The second-order valence-corrected chi connectivity index (χ2v) is 13.5. The molecule has 2 atom stereocenters. The Kier molecular flexibility index (Phi) is 16.9. The predicted molar refractivity (Wildman–Crippen MR) is 189 cm³/mol. The van der Waals surface area contributed by atoms with E-state index >= 15 is 0 Å². The molecule has 0 bridgehead atoms. The van der Waals surface area contributed by atoms with Gasteiger partial charge >= 0.3 is 23.9 Å². The van der Waals surface area contributed by atoms with Crippen molar-refractivity contribution >= 4 is 70.9 Å². The second-order valence-electron chi connectivity index (χ2n) is 9.53. The molecule has 3 aromatic carbocycles. The van der Waals surface area contributed by atoms with Crippen LogP contribution in [0, 0.1) is 0 Å². The summed E-state index contributed by atoms with van der Waals surface area (Å²) >= 11 is 6.18. The van der Waals surface area contributed by atoms with E-state index in [9.17, 15) is 19.2 Å². The quantitative estimate of drug-likeness (QED) is 0.0733. The topological polar surface area (TPSA) is 146 Å². The highest BCUT2D eigenvalue weighted by Crippen LogP contribution is 2.26. The highest BCUT2D eigenvalue weighted by molar-refractivity contribution is 8.00. The molecule has 0 aliphatic carbocycles. The third-order valence-electron chi connectivity index (χ3n) is 5.96. The molecule has 2 unspecified atom stereocenters. The summed E-state index contributed by atoms with van der Waals surface area (Å²) in [6.45, 7) is -0.0394. The van der Waals surface area contributed by atoms with Crippen molar-refractivity contribution in [1.29, 1.82) is 0 Å². The first-order chi connectivity index (χ1) is 23.1. The molecular formula is C34H34O10S4. The Bertz CT molecular complexity index is 1450. The Morgan fingerprint density at radius 1 is 0.604 bits per heavy atom. The van der Waals surface area contributed by atoms with E-state index in [1.807, 2.05) is 61.0 Å². The number of ether oxygens (including phenoxy) is 4. The highest BCUT2D eigenvalue weighted by Gasteiger charge is 2.18. The number of carboxylic acids is 2. The van der Waals surface area contributed by atoms with Crippen molar-refractivity contribution in [3.05, 3.63) is 97.1 Å². The summed E-state index contributed by atoms with van der Waals surface area (Å²) in [5, 5.41) is 17.7. The molecule has 0 spiro atoms. The van der Waals surface area contributed by atoms with Gasteiger partial charge in [-0.3, -0.25) is 0 Å². The van der Waals surface area contributed by atoms with E-state index in [1.54, 1.807) is 47.8 Å². The average Bonchev–Trinajstić information content (AvgIpc) is 3.09. The number of carbonyl (C=O) groups excluding carboxylic acids is 2. The van der Waals surface area contributed by atoms with Gasteiger partial charge in [-0.1, -0.05) is 6.07 Å². The summed E-state index contributed by atoms with van der Waals surface area (Å²) in [7, 11) is 0. The lowest BCUT2D eigenvalue weighted by atomic mass is 10.3. The summed E-state index contributed by atoms with van der Waals surface area (Å²) in [4.78, 5) is 50.3. The smallest absolute Gasteiger partial charge is 0.331 e. The second kappa shape index (κ2) is 21.1. The molecular weight excluding hydrogens is 697 g/mol. The van der Waals surface area contributed by atoms with Crippen LogP contribution >= 0.6 is 47.0 Å². The van der Waals surface area contributed by atoms with Gasteiger partial charge in [-0.15, -0.1) is 47.0 Å². The molecule has 254 valence electrons. The summed E-state index contributed by atoms with van der Waals surface area (Å²) in [6.07, 6.45) is 5.67. The van der Waals surface area contributed by atoms with E-state index in [4.69, 9.17) is 29.2 Å². The van der Waals surface area contributed by atoms with Gasteiger partial charge in [0.1, 0.15) is 36.9 Å². The molecule has 0 heterocycles. The van der Waals surface area contributed by atoms with Gasteiger partial charge in [0.25, 0.3) is 0 Å². The van der Waals surface area contributed by atoms with Gasteiger partial charge < -0.3 is 29.2 Å². The van der Waals surface area contributed by atoms with Crippen LogP contribution in [0.3, 0.4) is 0 Å². The fourth-order valence-corrected chi connectivity index (χ4v) is 6.23. The number of rotatable bonds is 20. The monoisotopic (exact) mass is 730 g/mol. The lowest BCUT2D eigenvalue weighted by molar-refractivity contribution is -0.144. The number of carbonyl (C=O) groups is 4. The van der Waals surface area contributed by atoms with Crippen molar-refractivity contribution in [2.45, 2.75) is 31.8 Å². The molecule has 0 saturated carbocycles. The van der Waals surface area contributed by atoms with Crippen molar-refractivity contribution in [2.24, 2.45) is 0 Å². The summed E-state index contributed by atoms with van der Waals surface area (Å²) in [5.74, 6) is -2.61. The van der Waals surface area contributed by atoms with Crippen LogP contribution in [0.15, 0.2) is 117 Å². The maximum Gasteiger partial charge on any atom is 0.331 e. The zero-order valence-electron chi connectivity index (χ0n) is 26.0. The lowest BCUT2D eigenvalue weighted by Gasteiger charge is -2.19. The van der Waals surface area contributed by atoms with Crippen LogP contribution in [-0.4, -0.2) is 83.5 Å². The van der Waals surface area contributed by atoms with Crippen molar-refractivity contribution in [1.82, 2.24) is 0 Å². The number of hydrogen-bond donors (Lipinski definition) is 2. The number of esters is 2. The third kappa shape index (κ3) is 15.3. The average molecular weight is 731 g/mol. The molecule has 2 N–H and O–H groups in total. The summed E-state index contributed by atoms with van der Waals surface area (Å²) in [5.41, 5.74) is 0. The van der Waals surface area contributed by atoms with E-state index in [1.165, 1.54) is 23.5 Å². The third-order valence-corrected chi connectivity index (χ3v) is 9.73. The zero-order chi connectivity index (χ0) is 34.7. The Labute approximate surface area is 295 Å². The highest BCUT2D eigenvalue weighted by atomic mass is 32.2. The normalized spacial score (nSPS) is 12.4. The minimum Gasteiger partial charge on any atom is -0.490 e. The number of benzene rings is 3. The van der Waals surface area contributed by atoms with Crippen molar-refractivity contribution < 1.29 is 48.3 Å². The van der Waals surface area contributed by atoms with Crippen molar-refractivity contribution in [3.8, 4) is 11.5 Å². The molecule has 0 fully saturated rings. The van der Waals surface area contributed by atoms with E-state index in [0.717, 1.165) is 31.7 Å². The Balaban J connectivity index is 1.64. The Morgan fingerprint density at radius 2 is 0.979 bits per heavy atom. The van der Waals surface area contributed by atoms with Gasteiger partial charge in [0, 0.05) is 61.5 Å². The summed E-state index contributed by atoms with van der Waals surface area (Å²) < 4.78 is 22.8. The van der Waals surface area contributed by atoms with Gasteiger partial charge in [-0.2, -0.15) is 0 Å². The standard InChI is InChI=1S/C34H34O10S4/c1-45-27-6-10-29(11-7-27)47-21-25(43-33(39)16-14-31(35)36)19-41-23-4-3-5-24(18-23)42-20-26(44-34(40)17-15-32(37)38)22-48-30-12-8-28(46-2)9-13-30/h3-18,25-26H,19-22H2,1-2H3,(H,35,36)(H,37,38).